The van der Waals surface area contributed by atoms with Crippen molar-refractivity contribution in [1.29, 1.82) is 0 Å². The van der Waals surface area contributed by atoms with Gasteiger partial charge in [0.1, 0.15) is 5.60 Å². The second-order valence-electron chi connectivity index (χ2n) is 7.80. The van der Waals surface area contributed by atoms with Crippen LogP contribution in [0.5, 0.6) is 0 Å². The van der Waals surface area contributed by atoms with E-state index in [1.54, 1.807) is 20.8 Å². The van der Waals surface area contributed by atoms with Gasteiger partial charge in [-0.15, -0.1) is 0 Å². The fourth-order valence-corrected chi connectivity index (χ4v) is 3.33. The molecule has 0 spiro atoms. The zero-order valence-electron chi connectivity index (χ0n) is 17.5. The van der Waals surface area contributed by atoms with Gasteiger partial charge >= 0.3 is 18.1 Å². The van der Waals surface area contributed by atoms with Gasteiger partial charge in [-0.2, -0.15) is 21.6 Å². The van der Waals surface area contributed by atoms with Crippen LogP contribution in [0.25, 0.3) is 0 Å². The maximum atomic E-state index is 13.0. The summed E-state index contributed by atoms with van der Waals surface area (Å²) in [7, 11) is -4.74. The largest absolute Gasteiger partial charge is 0.465 e. The molecule has 1 aromatic carbocycles. The summed E-state index contributed by atoms with van der Waals surface area (Å²) in [5.74, 6) is -2.18. The van der Waals surface area contributed by atoms with Gasteiger partial charge in [-0.3, -0.25) is 13.8 Å². The molecule has 0 bridgehead atoms. The molecular weight excluding hydrogens is 429 g/mol. The van der Waals surface area contributed by atoms with Crippen LogP contribution in [0.1, 0.15) is 45.7 Å². The number of alkyl halides is 3. The van der Waals surface area contributed by atoms with Crippen LogP contribution in [0.15, 0.2) is 23.1 Å². The molecule has 0 radical (unpaired) electrons. The summed E-state index contributed by atoms with van der Waals surface area (Å²) in [5, 5.41) is 0. The van der Waals surface area contributed by atoms with E-state index in [1.807, 2.05) is 0 Å². The van der Waals surface area contributed by atoms with E-state index in [0.29, 0.717) is 6.07 Å². The number of ether oxygens (including phenoxy) is 2. The molecule has 1 atom stereocenters. The van der Waals surface area contributed by atoms with Crippen molar-refractivity contribution >= 4 is 22.1 Å². The first-order valence-electron chi connectivity index (χ1n) is 8.91. The van der Waals surface area contributed by atoms with Gasteiger partial charge in [-0.25, -0.2) is 0 Å². The highest BCUT2D eigenvalue weighted by Gasteiger charge is 2.47. The van der Waals surface area contributed by atoms with Gasteiger partial charge in [0.05, 0.1) is 23.7 Å². The van der Waals surface area contributed by atoms with Crippen LogP contribution in [0.4, 0.5) is 13.2 Å². The number of carbonyl (C=O) groups excluding carboxylic acids is 2. The predicted octanol–water partition coefficient (Wildman–Crippen LogP) is 3.63. The summed E-state index contributed by atoms with van der Waals surface area (Å²) in [5.41, 5.74) is -4.30. The van der Waals surface area contributed by atoms with Crippen molar-refractivity contribution < 1.29 is 44.8 Å². The molecule has 1 unspecified atom stereocenters. The highest BCUT2D eigenvalue weighted by atomic mass is 32.2. The molecule has 170 valence electrons. The Bertz CT molecular complexity index is 902. The van der Waals surface area contributed by atoms with Crippen molar-refractivity contribution in [3.8, 4) is 0 Å². The fraction of sp³-hybridized carbons (Fsp3) is 0.579. The smallest absolute Gasteiger partial charge is 0.416 e. The number of esters is 2. The molecule has 0 aromatic heterocycles. The Balaban J connectivity index is 3.26. The molecule has 0 aliphatic carbocycles. The van der Waals surface area contributed by atoms with E-state index in [4.69, 9.17) is 13.7 Å². The van der Waals surface area contributed by atoms with Gasteiger partial charge in [0.15, 0.2) is 5.41 Å². The summed E-state index contributed by atoms with van der Waals surface area (Å²) in [4.78, 5) is 24.1. The second-order valence-corrected chi connectivity index (χ2v) is 9.42. The number of hydrogen-bond acceptors (Lipinski definition) is 7. The van der Waals surface area contributed by atoms with Gasteiger partial charge < -0.3 is 9.47 Å². The quantitative estimate of drug-likeness (QED) is 0.353. The van der Waals surface area contributed by atoms with E-state index in [0.717, 1.165) is 19.1 Å². The number of aryl methyl sites for hydroxylation is 1. The van der Waals surface area contributed by atoms with E-state index < -0.39 is 56.3 Å². The molecule has 11 heteroatoms. The molecule has 1 rings (SSSR count). The minimum Gasteiger partial charge on any atom is -0.465 e. The molecule has 0 amide bonds. The highest BCUT2D eigenvalue weighted by molar-refractivity contribution is 7.86. The van der Waals surface area contributed by atoms with Crippen LogP contribution in [0.2, 0.25) is 0 Å². The van der Waals surface area contributed by atoms with Crippen molar-refractivity contribution in [1.82, 2.24) is 0 Å². The number of rotatable bonds is 7. The second kappa shape index (κ2) is 8.93. The van der Waals surface area contributed by atoms with Crippen molar-refractivity contribution in [2.45, 2.75) is 58.2 Å². The predicted molar refractivity (Wildman–Crippen MR) is 99.9 cm³/mol. The van der Waals surface area contributed by atoms with E-state index in [-0.39, 0.29) is 12.2 Å². The van der Waals surface area contributed by atoms with Crippen LogP contribution in [0.3, 0.4) is 0 Å². The summed E-state index contributed by atoms with van der Waals surface area (Å²) in [6, 6.07) is 2.18. The lowest BCUT2D eigenvalue weighted by Gasteiger charge is -2.29. The van der Waals surface area contributed by atoms with Crippen LogP contribution >= 0.6 is 0 Å². The summed E-state index contributed by atoms with van der Waals surface area (Å²) >= 11 is 0. The molecule has 0 saturated heterocycles. The van der Waals surface area contributed by atoms with E-state index in [9.17, 15) is 31.2 Å². The maximum Gasteiger partial charge on any atom is 0.416 e. The lowest BCUT2D eigenvalue weighted by atomic mass is 9.92. The molecule has 0 fully saturated rings. The third-order valence-electron chi connectivity index (χ3n) is 3.74. The van der Waals surface area contributed by atoms with E-state index >= 15 is 0 Å². The Morgan fingerprint density at radius 2 is 1.57 bits per heavy atom. The third kappa shape index (κ3) is 6.69. The first-order chi connectivity index (χ1) is 13.4. The summed E-state index contributed by atoms with van der Waals surface area (Å²) < 4.78 is 78.8. The van der Waals surface area contributed by atoms with Gasteiger partial charge in [0, 0.05) is 0 Å². The lowest BCUT2D eigenvalue weighted by Crippen LogP contribution is -2.46. The van der Waals surface area contributed by atoms with Crippen LogP contribution < -0.4 is 0 Å². The van der Waals surface area contributed by atoms with E-state index in [1.165, 1.54) is 13.8 Å². The summed E-state index contributed by atoms with van der Waals surface area (Å²) in [6.07, 6.45) is -4.77. The SMILES string of the molecule is CCOC(=O)C(C)(COS(=O)(=O)c1cc(C)cc(C(F)(F)F)c1)C(=O)OC(C)(C)C. The molecule has 0 aliphatic heterocycles. The zero-order chi connectivity index (χ0) is 23.5. The number of halogens is 3. The fourth-order valence-electron chi connectivity index (χ4n) is 2.20. The minimum absolute atomic E-state index is 0.0345. The third-order valence-corrected chi connectivity index (χ3v) is 4.99. The standard InChI is InChI=1S/C19H25F3O7S/c1-7-27-15(23)18(6,16(24)29-17(3,4)5)11-28-30(25,26)14-9-12(2)8-13(10-14)19(20,21)22/h8-10H,7,11H2,1-6H3. The number of hydrogen-bond donors (Lipinski definition) is 0. The van der Waals surface area contributed by atoms with Crippen molar-refractivity contribution in [3.05, 3.63) is 29.3 Å². The topological polar surface area (TPSA) is 96.0 Å². The average Bonchev–Trinajstić information content (AvgIpc) is 2.57. The normalized spacial score (nSPS) is 14.7. The zero-order valence-corrected chi connectivity index (χ0v) is 18.4. The maximum absolute atomic E-state index is 13.0. The van der Waals surface area contributed by atoms with Crippen molar-refractivity contribution in [3.63, 3.8) is 0 Å². The molecule has 0 N–H and O–H groups in total. The molecule has 0 heterocycles. The van der Waals surface area contributed by atoms with Crippen LogP contribution in [0, 0.1) is 12.3 Å². The molecular formula is C19H25F3O7S. The Morgan fingerprint density at radius 3 is 2.03 bits per heavy atom. The minimum atomic E-state index is -4.77. The number of benzene rings is 1. The molecule has 0 aliphatic rings. The van der Waals surface area contributed by atoms with E-state index in [2.05, 4.69) is 0 Å². The Labute approximate surface area is 173 Å². The first kappa shape index (κ1) is 25.9. The van der Waals surface area contributed by atoms with Gasteiger partial charge in [-0.1, -0.05) is 0 Å². The van der Waals surface area contributed by atoms with Crippen LogP contribution in [-0.2, 0) is 39.5 Å². The summed E-state index contributed by atoms with van der Waals surface area (Å²) in [6.45, 7) is 7.35. The van der Waals surface area contributed by atoms with Crippen LogP contribution in [-0.4, -0.2) is 39.2 Å². The molecule has 0 saturated carbocycles. The molecule has 30 heavy (non-hydrogen) atoms. The van der Waals surface area contributed by atoms with Gasteiger partial charge in [0.25, 0.3) is 10.1 Å². The molecule has 1 aromatic rings. The van der Waals surface area contributed by atoms with Gasteiger partial charge in [-0.05, 0) is 65.3 Å². The Kier molecular flexibility index (Phi) is 7.70. The lowest BCUT2D eigenvalue weighted by molar-refractivity contribution is -0.180. The Morgan fingerprint density at radius 1 is 1.00 bits per heavy atom. The monoisotopic (exact) mass is 454 g/mol. The van der Waals surface area contributed by atoms with Gasteiger partial charge in [0.2, 0.25) is 0 Å². The van der Waals surface area contributed by atoms with Crippen molar-refractivity contribution in [2.24, 2.45) is 5.41 Å². The average molecular weight is 454 g/mol. The molecule has 7 nitrogen and oxygen atoms in total. The van der Waals surface area contributed by atoms with Crippen molar-refractivity contribution in [2.75, 3.05) is 13.2 Å². The highest BCUT2D eigenvalue weighted by Crippen LogP contribution is 2.33. The Hall–Kier alpha value is -2.14. The first-order valence-corrected chi connectivity index (χ1v) is 10.3. The number of carbonyl (C=O) groups is 2.